The molecule has 0 heterocycles. The fourth-order valence-electron chi connectivity index (χ4n) is 2.46. The Labute approximate surface area is 120 Å². The first-order valence-corrected chi connectivity index (χ1v) is 8.98. The van der Waals surface area contributed by atoms with Crippen molar-refractivity contribution in [3.05, 3.63) is 29.3 Å². The molecule has 0 saturated carbocycles. The maximum atomic E-state index is 11.4. The van der Waals surface area contributed by atoms with Crippen molar-refractivity contribution in [3.63, 3.8) is 0 Å². The van der Waals surface area contributed by atoms with Crippen molar-refractivity contribution < 1.29 is 18.3 Å². The molecular weight excluding hydrogens is 276 g/mol. The Morgan fingerprint density at radius 2 is 2.20 bits per heavy atom. The molecule has 5 heteroatoms. The van der Waals surface area contributed by atoms with Gasteiger partial charge in [0.1, 0.15) is 15.6 Å². The summed E-state index contributed by atoms with van der Waals surface area (Å²) in [6, 6.07) is 5.77. The number of aliphatic hydroxyl groups is 1. The molecule has 0 aromatic heterocycles. The predicted octanol–water partition coefficient (Wildman–Crippen LogP) is 2.26. The van der Waals surface area contributed by atoms with Gasteiger partial charge < -0.3 is 9.84 Å². The molecule has 0 saturated heterocycles. The molecule has 0 unspecified atom stereocenters. The molecule has 1 aromatic carbocycles. The summed E-state index contributed by atoms with van der Waals surface area (Å²) in [5.74, 6) is 1.05. The zero-order valence-electron chi connectivity index (χ0n) is 11.8. The van der Waals surface area contributed by atoms with Crippen molar-refractivity contribution in [1.29, 1.82) is 0 Å². The third-order valence-electron chi connectivity index (χ3n) is 3.71. The van der Waals surface area contributed by atoms with Crippen LogP contribution < -0.4 is 4.74 Å². The van der Waals surface area contributed by atoms with E-state index < -0.39 is 15.9 Å². The van der Waals surface area contributed by atoms with Crippen LogP contribution in [0, 0.1) is 0 Å². The van der Waals surface area contributed by atoms with Gasteiger partial charge in [-0.3, -0.25) is 0 Å². The number of aliphatic hydroxyl groups excluding tert-OH is 1. The van der Waals surface area contributed by atoms with Gasteiger partial charge in [0, 0.05) is 5.75 Å². The van der Waals surface area contributed by atoms with Gasteiger partial charge >= 0.3 is 0 Å². The van der Waals surface area contributed by atoms with Crippen LogP contribution in [0.2, 0.25) is 0 Å². The molecule has 4 nitrogen and oxygen atoms in total. The van der Waals surface area contributed by atoms with Crippen LogP contribution in [-0.4, -0.2) is 31.6 Å². The minimum atomic E-state index is -2.92. The quantitative estimate of drug-likeness (QED) is 0.818. The van der Waals surface area contributed by atoms with Crippen LogP contribution in [0.3, 0.4) is 0 Å². The van der Waals surface area contributed by atoms with Crippen LogP contribution in [-0.2, 0) is 16.3 Å². The predicted molar refractivity (Wildman–Crippen MR) is 78.8 cm³/mol. The third kappa shape index (κ3) is 3.96. The van der Waals surface area contributed by atoms with Gasteiger partial charge in [-0.25, -0.2) is 8.42 Å². The highest BCUT2D eigenvalue weighted by Gasteiger charge is 2.18. The summed E-state index contributed by atoms with van der Waals surface area (Å²) in [6.07, 6.45) is 2.91. The number of benzene rings is 1. The zero-order valence-corrected chi connectivity index (χ0v) is 12.7. The van der Waals surface area contributed by atoms with Gasteiger partial charge in [0.2, 0.25) is 0 Å². The van der Waals surface area contributed by atoms with Crippen LogP contribution in [0.1, 0.15) is 43.4 Å². The second-order valence-corrected chi connectivity index (χ2v) is 7.68. The van der Waals surface area contributed by atoms with Gasteiger partial charge in [0.05, 0.1) is 18.5 Å². The van der Waals surface area contributed by atoms with Crippen molar-refractivity contribution >= 4 is 9.84 Å². The number of fused-ring (bicyclic) bond motifs is 1. The highest BCUT2D eigenvalue weighted by Crippen LogP contribution is 2.32. The highest BCUT2D eigenvalue weighted by molar-refractivity contribution is 7.91. The number of ether oxygens (including phenoxy) is 1. The summed E-state index contributed by atoms with van der Waals surface area (Å²) in [4.78, 5) is 0. The summed E-state index contributed by atoms with van der Waals surface area (Å²) >= 11 is 0. The highest BCUT2D eigenvalue weighted by atomic mass is 32.2. The molecule has 2 rings (SSSR count). The van der Waals surface area contributed by atoms with Gasteiger partial charge in [0.25, 0.3) is 0 Å². The Bertz CT molecular complexity index is 551. The Morgan fingerprint density at radius 3 is 2.95 bits per heavy atom. The molecule has 0 amide bonds. The SMILES string of the molecule is CCS(=O)(=O)CCCOc1ccc2c(c1)[C@@H](O)CCC2. The molecule has 0 aliphatic heterocycles. The van der Waals surface area contributed by atoms with E-state index in [-0.39, 0.29) is 11.5 Å². The van der Waals surface area contributed by atoms with E-state index >= 15 is 0 Å². The van der Waals surface area contributed by atoms with Crippen LogP contribution >= 0.6 is 0 Å². The minimum absolute atomic E-state index is 0.164. The lowest BCUT2D eigenvalue weighted by atomic mass is 9.89. The summed E-state index contributed by atoms with van der Waals surface area (Å²) in [7, 11) is -2.92. The summed E-state index contributed by atoms with van der Waals surface area (Å²) < 4.78 is 28.3. The van der Waals surface area contributed by atoms with E-state index in [2.05, 4.69) is 0 Å². The molecule has 0 spiro atoms. The van der Waals surface area contributed by atoms with Gasteiger partial charge in [-0.1, -0.05) is 13.0 Å². The maximum Gasteiger partial charge on any atom is 0.150 e. The van der Waals surface area contributed by atoms with Gasteiger partial charge in [-0.15, -0.1) is 0 Å². The topological polar surface area (TPSA) is 63.6 Å². The van der Waals surface area contributed by atoms with E-state index in [1.165, 1.54) is 5.56 Å². The first kappa shape index (κ1) is 15.3. The van der Waals surface area contributed by atoms with Crippen LogP contribution in [0.25, 0.3) is 0 Å². The Kier molecular flexibility index (Phi) is 5.05. The lowest BCUT2D eigenvalue weighted by molar-refractivity contribution is 0.156. The number of sulfone groups is 1. The summed E-state index contributed by atoms with van der Waals surface area (Å²) in [5.41, 5.74) is 2.14. The minimum Gasteiger partial charge on any atom is -0.494 e. The largest absolute Gasteiger partial charge is 0.494 e. The Hall–Kier alpha value is -1.07. The van der Waals surface area contributed by atoms with Crippen molar-refractivity contribution in [2.75, 3.05) is 18.1 Å². The standard InChI is InChI=1S/C15H22O4S/c1-2-20(17,18)10-4-9-19-13-8-7-12-5-3-6-15(16)14(12)11-13/h7-8,11,15-16H,2-6,9-10H2,1H3/t15-/m0/s1. The Morgan fingerprint density at radius 1 is 1.40 bits per heavy atom. The number of hydrogen-bond donors (Lipinski definition) is 1. The molecule has 1 aromatic rings. The smallest absolute Gasteiger partial charge is 0.150 e. The fraction of sp³-hybridized carbons (Fsp3) is 0.600. The summed E-state index contributed by atoms with van der Waals surface area (Å²) in [6.45, 7) is 2.04. The molecule has 20 heavy (non-hydrogen) atoms. The van der Waals surface area contributed by atoms with E-state index in [0.717, 1.165) is 24.8 Å². The molecule has 1 aliphatic rings. The first-order chi connectivity index (χ1) is 9.52. The number of hydrogen-bond acceptors (Lipinski definition) is 4. The van der Waals surface area contributed by atoms with Gasteiger partial charge in [-0.2, -0.15) is 0 Å². The Balaban J connectivity index is 1.89. The normalized spacial score (nSPS) is 18.6. The lowest BCUT2D eigenvalue weighted by Crippen LogP contribution is -2.12. The molecule has 1 aliphatic carbocycles. The van der Waals surface area contributed by atoms with E-state index in [9.17, 15) is 13.5 Å². The average Bonchev–Trinajstić information content (AvgIpc) is 2.44. The second-order valence-electron chi connectivity index (χ2n) is 5.21. The molecule has 0 fully saturated rings. The van der Waals surface area contributed by atoms with E-state index in [1.54, 1.807) is 6.92 Å². The second kappa shape index (κ2) is 6.59. The fourth-order valence-corrected chi connectivity index (χ4v) is 3.30. The number of aryl methyl sites for hydroxylation is 1. The third-order valence-corrected chi connectivity index (χ3v) is 5.50. The lowest BCUT2D eigenvalue weighted by Gasteiger charge is -2.22. The molecule has 0 radical (unpaired) electrons. The number of rotatable bonds is 6. The zero-order chi connectivity index (χ0) is 14.6. The van der Waals surface area contributed by atoms with Crippen molar-refractivity contribution in [3.8, 4) is 5.75 Å². The van der Waals surface area contributed by atoms with Crippen LogP contribution in [0.5, 0.6) is 5.75 Å². The van der Waals surface area contributed by atoms with Gasteiger partial charge in [-0.05, 0) is 48.9 Å². The average molecular weight is 298 g/mol. The molecule has 0 bridgehead atoms. The molecule has 1 N–H and O–H groups in total. The molecule has 112 valence electrons. The van der Waals surface area contributed by atoms with Gasteiger partial charge in [0.15, 0.2) is 0 Å². The maximum absolute atomic E-state index is 11.4. The summed E-state index contributed by atoms with van der Waals surface area (Å²) in [5, 5.41) is 9.96. The van der Waals surface area contributed by atoms with Crippen LogP contribution in [0.15, 0.2) is 18.2 Å². The van der Waals surface area contributed by atoms with E-state index in [1.807, 2.05) is 18.2 Å². The monoisotopic (exact) mass is 298 g/mol. The molecular formula is C15H22O4S. The van der Waals surface area contributed by atoms with E-state index in [4.69, 9.17) is 4.74 Å². The van der Waals surface area contributed by atoms with Crippen molar-refractivity contribution in [2.45, 2.75) is 38.7 Å². The first-order valence-electron chi connectivity index (χ1n) is 7.16. The van der Waals surface area contributed by atoms with Crippen molar-refractivity contribution in [1.82, 2.24) is 0 Å². The van der Waals surface area contributed by atoms with Crippen molar-refractivity contribution in [2.24, 2.45) is 0 Å². The van der Waals surface area contributed by atoms with E-state index in [0.29, 0.717) is 18.8 Å². The molecule has 1 atom stereocenters. The van der Waals surface area contributed by atoms with Crippen LogP contribution in [0.4, 0.5) is 0 Å².